The molecule has 1 fully saturated rings. The first-order chi connectivity index (χ1) is 8.29. The molecule has 1 aromatic rings. The van der Waals surface area contributed by atoms with E-state index in [1.807, 2.05) is 35.2 Å². The lowest BCUT2D eigenvalue weighted by molar-refractivity contribution is 0.192. The SMILES string of the molecule is C#CC1CCN(C(=O)Nc2ccccc2)CC1. The van der Waals surface area contributed by atoms with Crippen LogP contribution in [-0.2, 0) is 0 Å². The smallest absolute Gasteiger partial charge is 0.321 e. The molecule has 0 radical (unpaired) electrons. The lowest BCUT2D eigenvalue weighted by Gasteiger charge is -2.29. The van der Waals surface area contributed by atoms with Gasteiger partial charge in [-0.15, -0.1) is 12.3 Å². The number of anilines is 1. The van der Waals surface area contributed by atoms with Gasteiger partial charge in [-0.3, -0.25) is 0 Å². The number of nitrogens with zero attached hydrogens (tertiary/aromatic N) is 1. The van der Waals surface area contributed by atoms with Crippen LogP contribution in [0.2, 0.25) is 0 Å². The largest absolute Gasteiger partial charge is 0.324 e. The molecule has 1 aliphatic heterocycles. The van der Waals surface area contributed by atoms with Gasteiger partial charge in [-0.1, -0.05) is 18.2 Å². The molecule has 88 valence electrons. The Labute approximate surface area is 102 Å². The summed E-state index contributed by atoms with van der Waals surface area (Å²) in [5, 5.41) is 2.88. The van der Waals surface area contributed by atoms with Crippen LogP contribution >= 0.6 is 0 Å². The second-order valence-electron chi connectivity index (χ2n) is 4.22. The lowest BCUT2D eigenvalue weighted by Crippen LogP contribution is -2.40. The predicted molar refractivity (Wildman–Crippen MR) is 68.6 cm³/mol. The predicted octanol–water partition coefficient (Wildman–Crippen LogP) is 2.56. The number of piperidine rings is 1. The van der Waals surface area contributed by atoms with Gasteiger partial charge in [0.1, 0.15) is 0 Å². The first-order valence-electron chi connectivity index (χ1n) is 5.86. The number of nitrogens with one attached hydrogen (secondary N) is 1. The normalized spacial score (nSPS) is 16.3. The first-order valence-corrected chi connectivity index (χ1v) is 5.86. The molecule has 0 atom stereocenters. The summed E-state index contributed by atoms with van der Waals surface area (Å²) in [5.74, 6) is 3.08. The zero-order valence-electron chi connectivity index (χ0n) is 9.73. The van der Waals surface area contributed by atoms with Crippen LogP contribution in [0.3, 0.4) is 0 Å². The molecular weight excluding hydrogens is 212 g/mol. The minimum absolute atomic E-state index is 0.0355. The van der Waals surface area contributed by atoms with E-state index in [9.17, 15) is 4.79 Å². The summed E-state index contributed by atoms with van der Waals surface area (Å²) in [6, 6.07) is 9.46. The molecule has 3 nitrogen and oxygen atoms in total. The highest BCUT2D eigenvalue weighted by Gasteiger charge is 2.21. The van der Waals surface area contributed by atoms with Gasteiger partial charge in [-0.25, -0.2) is 4.79 Å². The van der Waals surface area contributed by atoms with E-state index >= 15 is 0 Å². The van der Waals surface area contributed by atoms with Crippen LogP contribution in [0.25, 0.3) is 0 Å². The van der Waals surface area contributed by atoms with Crippen molar-refractivity contribution in [3.63, 3.8) is 0 Å². The van der Waals surface area contributed by atoms with Crippen molar-refractivity contribution in [3.05, 3.63) is 30.3 Å². The maximum absolute atomic E-state index is 11.9. The Kier molecular flexibility index (Phi) is 3.66. The zero-order valence-corrected chi connectivity index (χ0v) is 9.73. The number of terminal acetylenes is 1. The van der Waals surface area contributed by atoms with E-state index in [2.05, 4.69) is 11.2 Å². The Balaban J connectivity index is 1.88. The van der Waals surface area contributed by atoms with Crippen LogP contribution in [-0.4, -0.2) is 24.0 Å². The van der Waals surface area contributed by atoms with Gasteiger partial charge >= 0.3 is 6.03 Å². The van der Waals surface area contributed by atoms with E-state index in [0.717, 1.165) is 31.6 Å². The summed E-state index contributed by atoms with van der Waals surface area (Å²) in [6.45, 7) is 1.49. The topological polar surface area (TPSA) is 32.3 Å². The Bertz CT molecular complexity index is 414. The Morgan fingerprint density at radius 2 is 1.94 bits per heavy atom. The lowest BCUT2D eigenvalue weighted by atomic mass is 9.98. The molecule has 2 rings (SSSR count). The van der Waals surface area contributed by atoms with Crippen molar-refractivity contribution in [3.8, 4) is 12.3 Å². The number of amides is 2. The van der Waals surface area contributed by atoms with Crippen LogP contribution < -0.4 is 5.32 Å². The number of benzene rings is 1. The van der Waals surface area contributed by atoms with Crippen LogP contribution in [0.4, 0.5) is 10.5 Å². The molecule has 0 aromatic heterocycles. The third-order valence-electron chi connectivity index (χ3n) is 3.04. The van der Waals surface area contributed by atoms with Gasteiger partial charge in [0.2, 0.25) is 0 Å². The van der Waals surface area contributed by atoms with E-state index in [4.69, 9.17) is 6.42 Å². The molecule has 1 aromatic carbocycles. The highest BCUT2D eigenvalue weighted by atomic mass is 16.2. The van der Waals surface area contributed by atoms with E-state index in [0.29, 0.717) is 5.92 Å². The minimum atomic E-state index is -0.0355. The van der Waals surface area contributed by atoms with Crippen molar-refractivity contribution in [1.82, 2.24) is 4.90 Å². The summed E-state index contributed by atoms with van der Waals surface area (Å²) in [5.41, 5.74) is 0.830. The fourth-order valence-electron chi connectivity index (χ4n) is 1.97. The van der Waals surface area contributed by atoms with Gasteiger partial charge in [0, 0.05) is 24.7 Å². The summed E-state index contributed by atoms with van der Waals surface area (Å²) < 4.78 is 0. The summed E-state index contributed by atoms with van der Waals surface area (Å²) in [6.07, 6.45) is 7.18. The van der Waals surface area contributed by atoms with Gasteiger partial charge in [-0.05, 0) is 25.0 Å². The van der Waals surface area contributed by atoms with E-state index < -0.39 is 0 Å². The van der Waals surface area contributed by atoms with Gasteiger partial charge in [0.05, 0.1) is 0 Å². The van der Waals surface area contributed by atoms with Gasteiger partial charge < -0.3 is 10.2 Å². The van der Waals surface area contributed by atoms with Crippen molar-refractivity contribution in [2.75, 3.05) is 18.4 Å². The van der Waals surface area contributed by atoms with Gasteiger partial charge in [0.15, 0.2) is 0 Å². The molecule has 2 amide bonds. The summed E-state index contributed by atoms with van der Waals surface area (Å²) >= 11 is 0. The number of para-hydroxylation sites is 1. The number of urea groups is 1. The van der Waals surface area contributed by atoms with E-state index in [1.54, 1.807) is 0 Å². The average molecular weight is 228 g/mol. The molecule has 1 saturated heterocycles. The van der Waals surface area contributed by atoms with Crippen molar-refractivity contribution < 1.29 is 4.79 Å². The monoisotopic (exact) mass is 228 g/mol. The molecule has 0 saturated carbocycles. The van der Waals surface area contributed by atoms with Crippen LogP contribution in [0, 0.1) is 18.3 Å². The number of hydrogen-bond acceptors (Lipinski definition) is 1. The summed E-state index contributed by atoms with van der Waals surface area (Å²) in [4.78, 5) is 13.7. The van der Waals surface area contributed by atoms with Crippen molar-refractivity contribution >= 4 is 11.7 Å². The van der Waals surface area contributed by atoms with E-state index in [1.165, 1.54) is 0 Å². The van der Waals surface area contributed by atoms with Crippen LogP contribution in [0.5, 0.6) is 0 Å². The molecule has 0 aliphatic carbocycles. The minimum Gasteiger partial charge on any atom is -0.324 e. The molecular formula is C14H16N2O. The maximum Gasteiger partial charge on any atom is 0.321 e. The highest BCUT2D eigenvalue weighted by molar-refractivity contribution is 5.89. The maximum atomic E-state index is 11.9. The number of likely N-dealkylation sites (tertiary alicyclic amines) is 1. The van der Waals surface area contributed by atoms with E-state index in [-0.39, 0.29) is 6.03 Å². The second-order valence-corrected chi connectivity index (χ2v) is 4.22. The molecule has 1 aliphatic rings. The number of hydrogen-bond donors (Lipinski definition) is 1. The summed E-state index contributed by atoms with van der Waals surface area (Å²) in [7, 11) is 0. The van der Waals surface area contributed by atoms with Crippen molar-refractivity contribution in [1.29, 1.82) is 0 Å². The third kappa shape index (κ3) is 3.01. The number of rotatable bonds is 1. The molecule has 0 unspecified atom stereocenters. The molecule has 3 heteroatoms. The van der Waals surface area contributed by atoms with Crippen LogP contribution in [0.1, 0.15) is 12.8 Å². The molecule has 1 N–H and O–H groups in total. The average Bonchev–Trinajstić information content (AvgIpc) is 2.40. The standard InChI is InChI=1S/C14H16N2O/c1-2-12-8-10-16(11-9-12)14(17)15-13-6-4-3-5-7-13/h1,3-7,12H,8-11H2,(H,15,17). The van der Waals surface area contributed by atoms with Crippen molar-refractivity contribution in [2.24, 2.45) is 5.92 Å². The second kappa shape index (κ2) is 5.40. The Hall–Kier alpha value is -1.95. The number of carbonyl (C=O) groups excluding carboxylic acids is 1. The highest BCUT2D eigenvalue weighted by Crippen LogP contribution is 2.17. The molecule has 0 bridgehead atoms. The fourth-order valence-corrected chi connectivity index (χ4v) is 1.97. The Morgan fingerprint density at radius 1 is 1.29 bits per heavy atom. The fraction of sp³-hybridized carbons (Fsp3) is 0.357. The molecule has 0 spiro atoms. The Morgan fingerprint density at radius 3 is 2.53 bits per heavy atom. The molecule has 17 heavy (non-hydrogen) atoms. The van der Waals surface area contributed by atoms with Gasteiger partial charge in [-0.2, -0.15) is 0 Å². The first kappa shape index (κ1) is 11.5. The zero-order chi connectivity index (χ0) is 12.1. The van der Waals surface area contributed by atoms with Gasteiger partial charge in [0.25, 0.3) is 0 Å². The quantitative estimate of drug-likeness (QED) is 0.736. The van der Waals surface area contributed by atoms with Crippen LogP contribution in [0.15, 0.2) is 30.3 Å². The third-order valence-corrected chi connectivity index (χ3v) is 3.04. The number of carbonyl (C=O) groups is 1. The molecule has 1 heterocycles. The van der Waals surface area contributed by atoms with Crippen molar-refractivity contribution in [2.45, 2.75) is 12.8 Å².